The molecule has 0 bridgehead atoms. The zero-order valence-electron chi connectivity index (χ0n) is 11.3. The van der Waals surface area contributed by atoms with Crippen LogP contribution in [0, 0.1) is 5.82 Å². The molecule has 1 atom stereocenters. The zero-order chi connectivity index (χ0) is 14.5. The number of nitrogen functional groups attached to an aromatic ring is 1. The van der Waals surface area contributed by atoms with Gasteiger partial charge in [-0.25, -0.2) is 4.39 Å². The van der Waals surface area contributed by atoms with Gasteiger partial charge in [0, 0.05) is 11.3 Å². The van der Waals surface area contributed by atoms with Gasteiger partial charge in [0.2, 0.25) is 0 Å². The molecule has 20 heavy (non-hydrogen) atoms. The van der Waals surface area contributed by atoms with Crippen LogP contribution >= 0.6 is 0 Å². The molecule has 2 rings (SSSR count). The minimum Gasteiger partial charge on any atom is -0.494 e. The number of aliphatic hydroxyl groups is 1. The third-order valence-electron chi connectivity index (χ3n) is 3.01. The number of anilines is 1. The second-order valence-corrected chi connectivity index (χ2v) is 4.59. The second-order valence-electron chi connectivity index (χ2n) is 4.59. The Morgan fingerprint density at radius 3 is 2.55 bits per heavy atom. The van der Waals surface area contributed by atoms with E-state index < -0.39 is 11.9 Å². The van der Waals surface area contributed by atoms with Crippen LogP contribution in [0.25, 0.3) is 0 Å². The molecule has 0 aliphatic rings. The number of nitrogens with two attached hydrogens (primary N) is 1. The molecule has 0 aliphatic heterocycles. The van der Waals surface area contributed by atoms with Crippen molar-refractivity contribution in [3.8, 4) is 5.75 Å². The van der Waals surface area contributed by atoms with E-state index in [2.05, 4.69) is 0 Å². The normalized spacial score (nSPS) is 12.2. The van der Waals surface area contributed by atoms with Gasteiger partial charge in [-0.15, -0.1) is 0 Å². The summed E-state index contributed by atoms with van der Waals surface area (Å²) in [5.74, 6) is 0.325. The molecule has 106 valence electrons. The Hall–Kier alpha value is -2.07. The largest absolute Gasteiger partial charge is 0.494 e. The highest BCUT2D eigenvalue weighted by molar-refractivity contribution is 5.51. The lowest BCUT2D eigenvalue weighted by atomic mass is 10.00. The Morgan fingerprint density at radius 1 is 1.20 bits per heavy atom. The predicted octanol–water partition coefficient (Wildman–Crippen LogP) is 3.28. The van der Waals surface area contributed by atoms with Crippen molar-refractivity contribution < 1.29 is 14.2 Å². The predicted molar refractivity (Wildman–Crippen MR) is 77.1 cm³/mol. The van der Waals surface area contributed by atoms with Crippen LogP contribution in [0.4, 0.5) is 10.1 Å². The van der Waals surface area contributed by atoms with E-state index in [1.165, 1.54) is 18.2 Å². The highest BCUT2D eigenvalue weighted by Crippen LogP contribution is 2.28. The summed E-state index contributed by atoms with van der Waals surface area (Å²) in [5, 5.41) is 10.3. The van der Waals surface area contributed by atoms with Gasteiger partial charge in [0.05, 0.1) is 6.61 Å². The Bertz CT molecular complexity index is 569. The number of hydrogen-bond donors (Lipinski definition) is 2. The van der Waals surface area contributed by atoms with Gasteiger partial charge < -0.3 is 15.6 Å². The number of halogens is 1. The van der Waals surface area contributed by atoms with Gasteiger partial charge in [-0.05, 0) is 42.3 Å². The third kappa shape index (κ3) is 3.27. The lowest BCUT2D eigenvalue weighted by Gasteiger charge is -2.14. The first-order valence-corrected chi connectivity index (χ1v) is 6.57. The molecule has 0 spiro atoms. The number of hydrogen-bond acceptors (Lipinski definition) is 3. The molecule has 0 saturated carbocycles. The van der Waals surface area contributed by atoms with Gasteiger partial charge in [-0.2, -0.15) is 0 Å². The Balaban J connectivity index is 2.20. The molecule has 0 aromatic heterocycles. The minimum absolute atomic E-state index is 0.366. The molecule has 1 unspecified atom stereocenters. The van der Waals surface area contributed by atoms with E-state index in [0.717, 1.165) is 12.2 Å². The van der Waals surface area contributed by atoms with Gasteiger partial charge in [-0.3, -0.25) is 0 Å². The van der Waals surface area contributed by atoms with Crippen molar-refractivity contribution in [3.63, 3.8) is 0 Å². The highest BCUT2D eigenvalue weighted by atomic mass is 19.1. The number of aliphatic hydroxyl groups excluding tert-OH is 1. The fourth-order valence-electron chi connectivity index (χ4n) is 1.93. The molecule has 0 saturated heterocycles. The Morgan fingerprint density at radius 2 is 1.90 bits per heavy atom. The summed E-state index contributed by atoms with van der Waals surface area (Å²) in [5.41, 5.74) is 7.15. The first kappa shape index (κ1) is 14.3. The Labute approximate surface area is 117 Å². The molecule has 2 aromatic carbocycles. The SMILES string of the molecule is CCCOc1ccc(C(O)c2cc(F)ccc2N)cc1. The minimum atomic E-state index is -0.953. The van der Waals surface area contributed by atoms with Crippen molar-refractivity contribution in [3.05, 3.63) is 59.4 Å². The van der Waals surface area contributed by atoms with E-state index in [-0.39, 0.29) is 0 Å². The topological polar surface area (TPSA) is 55.5 Å². The molecule has 3 nitrogen and oxygen atoms in total. The van der Waals surface area contributed by atoms with E-state index in [1.807, 2.05) is 6.92 Å². The number of rotatable bonds is 5. The summed E-state index contributed by atoms with van der Waals surface area (Å²) in [4.78, 5) is 0. The van der Waals surface area contributed by atoms with Gasteiger partial charge in [0.25, 0.3) is 0 Å². The quantitative estimate of drug-likeness (QED) is 0.823. The molecule has 2 aromatic rings. The van der Waals surface area contributed by atoms with Crippen molar-refractivity contribution in [2.45, 2.75) is 19.4 Å². The van der Waals surface area contributed by atoms with Crippen molar-refractivity contribution >= 4 is 5.69 Å². The first-order valence-electron chi connectivity index (χ1n) is 6.57. The van der Waals surface area contributed by atoms with Gasteiger partial charge in [0.15, 0.2) is 0 Å². The van der Waals surface area contributed by atoms with Gasteiger partial charge >= 0.3 is 0 Å². The third-order valence-corrected chi connectivity index (χ3v) is 3.01. The summed E-state index contributed by atoms with van der Waals surface area (Å²) in [6, 6.07) is 11.0. The van der Waals surface area contributed by atoms with Crippen LogP contribution in [0.1, 0.15) is 30.6 Å². The van der Waals surface area contributed by atoms with Crippen LogP contribution in [0.5, 0.6) is 5.75 Å². The van der Waals surface area contributed by atoms with Crippen molar-refractivity contribution in [1.29, 1.82) is 0 Å². The van der Waals surface area contributed by atoms with Crippen LogP contribution in [-0.2, 0) is 0 Å². The first-order chi connectivity index (χ1) is 9.61. The van der Waals surface area contributed by atoms with E-state index >= 15 is 0 Å². The van der Waals surface area contributed by atoms with Crippen LogP contribution in [0.15, 0.2) is 42.5 Å². The van der Waals surface area contributed by atoms with Crippen molar-refractivity contribution in [2.24, 2.45) is 0 Å². The highest BCUT2D eigenvalue weighted by Gasteiger charge is 2.14. The van der Waals surface area contributed by atoms with E-state index in [4.69, 9.17) is 10.5 Å². The molecule has 3 N–H and O–H groups in total. The van der Waals surface area contributed by atoms with Crippen molar-refractivity contribution in [1.82, 2.24) is 0 Å². The lowest BCUT2D eigenvalue weighted by Crippen LogP contribution is -2.04. The monoisotopic (exact) mass is 275 g/mol. The fraction of sp³-hybridized carbons (Fsp3) is 0.250. The molecule has 0 aliphatic carbocycles. The molecular formula is C16H18FNO2. The van der Waals surface area contributed by atoms with E-state index in [9.17, 15) is 9.50 Å². The maximum absolute atomic E-state index is 13.2. The summed E-state index contributed by atoms with van der Waals surface area (Å²) in [6.07, 6.45) is -0.0181. The molecule has 4 heteroatoms. The summed E-state index contributed by atoms with van der Waals surface area (Å²) in [7, 11) is 0. The average molecular weight is 275 g/mol. The number of ether oxygens (including phenoxy) is 1. The summed E-state index contributed by atoms with van der Waals surface area (Å²) >= 11 is 0. The molecule has 0 amide bonds. The number of benzene rings is 2. The fourth-order valence-corrected chi connectivity index (χ4v) is 1.93. The molecule has 0 heterocycles. The molecule has 0 fully saturated rings. The van der Waals surface area contributed by atoms with Gasteiger partial charge in [-0.1, -0.05) is 19.1 Å². The molecule has 0 radical (unpaired) electrons. The molecular weight excluding hydrogens is 257 g/mol. The van der Waals surface area contributed by atoms with Gasteiger partial charge in [0.1, 0.15) is 17.7 Å². The zero-order valence-corrected chi connectivity index (χ0v) is 11.3. The summed E-state index contributed by atoms with van der Waals surface area (Å²) < 4.78 is 18.7. The smallest absolute Gasteiger partial charge is 0.123 e. The van der Waals surface area contributed by atoms with Crippen LogP contribution < -0.4 is 10.5 Å². The Kier molecular flexibility index (Phi) is 4.58. The summed E-state index contributed by atoms with van der Waals surface area (Å²) in [6.45, 7) is 2.68. The lowest BCUT2D eigenvalue weighted by molar-refractivity contribution is 0.220. The van der Waals surface area contributed by atoms with Crippen LogP contribution in [0.2, 0.25) is 0 Å². The van der Waals surface area contributed by atoms with E-state index in [1.54, 1.807) is 24.3 Å². The van der Waals surface area contributed by atoms with E-state index in [0.29, 0.717) is 23.4 Å². The van der Waals surface area contributed by atoms with Crippen LogP contribution in [0.3, 0.4) is 0 Å². The second kappa shape index (κ2) is 6.39. The standard InChI is InChI=1S/C16H18FNO2/c1-2-9-20-13-6-3-11(4-7-13)16(19)14-10-12(17)5-8-15(14)18/h3-8,10,16,19H,2,9,18H2,1H3. The average Bonchev–Trinajstić information content (AvgIpc) is 2.47. The maximum Gasteiger partial charge on any atom is 0.123 e. The van der Waals surface area contributed by atoms with Crippen LogP contribution in [-0.4, -0.2) is 11.7 Å². The maximum atomic E-state index is 13.2. The van der Waals surface area contributed by atoms with Crippen molar-refractivity contribution in [2.75, 3.05) is 12.3 Å².